The summed E-state index contributed by atoms with van der Waals surface area (Å²) in [6, 6.07) is 9.25. The van der Waals surface area contributed by atoms with E-state index < -0.39 is 33.9 Å². The van der Waals surface area contributed by atoms with E-state index in [4.69, 9.17) is 0 Å². The molecule has 2 atom stereocenters. The minimum absolute atomic E-state index is 0.0381. The zero-order valence-electron chi connectivity index (χ0n) is 18.5. The van der Waals surface area contributed by atoms with Gasteiger partial charge < -0.3 is 10.0 Å². The predicted molar refractivity (Wildman–Crippen MR) is 120 cm³/mol. The molecule has 0 spiro atoms. The van der Waals surface area contributed by atoms with Gasteiger partial charge in [0.05, 0.1) is 35.6 Å². The highest BCUT2D eigenvalue weighted by Crippen LogP contribution is 2.33. The number of aliphatic hydroxyl groups is 1. The number of amides is 1. The molecule has 1 saturated heterocycles. The van der Waals surface area contributed by atoms with Gasteiger partial charge in [-0.3, -0.25) is 14.4 Å². The average Bonchev–Trinajstić information content (AvgIpc) is 3.31. The number of rotatable bonds is 6. The van der Waals surface area contributed by atoms with Crippen molar-refractivity contribution in [2.75, 3.05) is 31.4 Å². The number of halogens is 3. The van der Waals surface area contributed by atoms with E-state index in [1.54, 1.807) is 31.3 Å². The van der Waals surface area contributed by atoms with Gasteiger partial charge in [-0.05, 0) is 41.3 Å². The summed E-state index contributed by atoms with van der Waals surface area (Å²) in [5.74, 6) is -0.432. The Hall–Kier alpha value is -2.63. The number of anilines is 1. The summed E-state index contributed by atoms with van der Waals surface area (Å²) in [4.78, 5) is 16.5. The monoisotopic (exact) mass is 497 g/mol. The van der Waals surface area contributed by atoms with Gasteiger partial charge in [0.25, 0.3) is 0 Å². The third kappa shape index (κ3) is 5.53. The third-order valence-electron chi connectivity index (χ3n) is 6.28. The van der Waals surface area contributed by atoms with Gasteiger partial charge in [0, 0.05) is 26.7 Å². The van der Waals surface area contributed by atoms with Crippen LogP contribution in [0.3, 0.4) is 0 Å². The van der Waals surface area contributed by atoms with Crippen LogP contribution in [0, 0.1) is 0 Å². The Kier molecular flexibility index (Phi) is 6.63. The zero-order valence-corrected chi connectivity index (χ0v) is 19.4. The Morgan fingerprint density at radius 1 is 1.26 bits per heavy atom. The van der Waals surface area contributed by atoms with Crippen LogP contribution in [0.1, 0.15) is 34.7 Å². The molecule has 0 aliphatic carbocycles. The van der Waals surface area contributed by atoms with E-state index in [0.29, 0.717) is 41.9 Å². The minimum Gasteiger partial charge on any atom is -0.392 e. The maximum atomic E-state index is 13.3. The molecule has 4 rings (SSSR count). The molecule has 11 heteroatoms. The molecule has 0 bridgehead atoms. The maximum absolute atomic E-state index is 13.3. The Morgan fingerprint density at radius 3 is 2.71 bits per heavy atom. The van der Waals surface area contributed by atoms with Crippen molar-refractivity contribution < 1.29 is 31.5 Å². The van der Waals surface area contributed by atoms with Crippen LogP contribution in [0.4, 0.5) is 18.9 Å². The van der Waals surface area contributed by atoms with Crippen LogP contribution in [0.15, 0.2) is 42.5 Å². The molecule has 2 aliphatic heterocycles. The zero-order chi connectivity index (χ0) is 24.7. The maximum Gasteiger partial charge on any atom is 0.416 e. The van der Waals surface area contributed by atoms with Crippen molar-refractivity contribution in [3.8, 4) is 0 Å². The quantitative estimate of drug-likeness (QED) is 0.641. The van der Waals surface area contributed by atoms with Gasteiger partial charge >= 0.3 is 6.18 Å². The molecule has 1 fully saturated rings. The van der Waals surface area contributed by atoms with E-state index in [-0.39, 0.29) is 24.6 Å². The molecule has 2 N–H and O–H groups in total. The van der Waals surface area contributed by atoms with Crippen LogP contribution >= 0.6 is 0 Å². The first kappa shape index (κ1) is 24.5. The van der Waals surface area contributed by atoms with Crippen LogP contribution in [0.5, 0.6) is 0 Å². The second-order valence-electron chi connectivity index (χ2n) is 8.88. The first-order chi connectivity index (χ1) is 15.9. The van der Waals surface area contributed by atoms with E-state index in [2.05, 4.69) is 4.72 Å². The number of likely N-dealkylation sites (tertiary alicyclic amines) is 1. The van der Waals surface area contributed by atoms with Crippen molar-refractivity contribution in [3.05, 3.63) is 64.7 Å². The molecule has 2 aromatic carbocycles. The summed E-state index contributed by atoms with van der Waals surface area (Å²) in [6.07, 6.45) is -4.48. The number of sulfonamides is 1. The number of nitrogens with one attached hydrogen (secondary N) is 1. The smallest absolute Gasteiger partial charge is 0.392 e. The molecular weight excluding hydrogens is 471 g/mol. The lowest BCUT2D eigenvalue weighted by Gasteiger charge is -2.32. The lowest BCUT2D eigenvalue weighted by Crippen LogP contribution is -2.39. The number of carbonyl (C=O) groups excluding carboxylic acids is 1. The Labute approximate surface area is 196 Å². The van der Waals surface area contributed by atoms with Crippen LogP contribution < -0.4 is 4.72 Å². The number of aliphatic hydroxyl groups excluding tert-OH is 1. The lowest BCUT2D eigenvalue weighted by molar-refractivity contribution is -0.137. The van der Waals surface area contributed by atoms with Crippen molar-refractivity contribution in [1.82, 2.24) is 9.80 Å². The second-order valence-corrected chi connectivity index (χ2v) is 10.6. The van der Waals surface area contributed by atoms with Crippen molar-refractivity contribution in [2.45, 2.75) is 36.9 Å². The highest BCUT2D eigenvalue weighted by Gasteiger charge is 2.33. The summed E-state index contributed by atoms with van der Waals surface area (Å²) < 4.78 is 66.0. The van der Waals surface area contributed by atoms with E-state index in [1.807, 2.05) is 4.90 Å². The van der Waals surface area contributed by atoms with E-state index in [1.165, 1.54) is 11.0 Å². The number of likely N-dealkylation sites (N-methyl/N-ethyl adjacent to an activating group) is 1. The van der Waals surface area contributed by atoms with Gasteiger partial charge in [-0.1, -0.05) is 24.3 Å². The molecule has 2 heterocycles. The fraction of sp³-hybridized carbons (Fsp3) is 0.435. The molecular formula is C23H26F3N3O4S. The van der Waals surface area contributed by atoms with Crippen LogP contribution in [0.2, 0.25) is 0 Å². The SMILES string of the molecule is CN(C(=O)Cc1ccc2c(c1)NS(=O)(=O)C2)[C@H](CN1CC[C@@H](O)C1)c1cccc(C(F)(F)F)c1. The molecule has 0 radical (unpaired) electrons. The number of fused-ring (bicyclic) bond motifs is 1. The number of benzene rings is 2. The van der Waals surface area contributed by atoms with Crippen molar-refractivity contribution >= 4 is 21.6 Å². The molecule has 7 nitrogen and oxygen atoms in total. The minimum atomic E-state index is -4.51. The van der Waals surface area contributed by atoms with Gasteiger partial charge in [0.1, 0.15) is 0 Å². The van der Waals surface area contributed by atoms with Crippen LogP contribution in [-0.2, 0) is 33.2 Å². The Bertz CT molecular complexity index is 1190. The summed E-state index contributed by atoms with van der Waals surface area (Å²) in [5.41, 5.74) is 1.23. The molecule has 1 amide bonds. The average molecular weight is 498 g/mol. The first-order valence-electron chi connectivity index (χ1n) is 10.9. The van der Waals surface area contributed by atoms with Crippen molar-refractivity contribution in [2.24, 2.45) is 0 Å². The van der Waals surface area contributed by atoms with Crippen LogP contribution in [0.25, 0.3) is 0 Å². The van der Waals surface area contributed by atoms with Crippen molar-refractivity contribution in [1.29, 1.82) is 0 Å². The highest BCUT2D eigenvalue weighted by molar-refractivity contribution is 7.92. The molecule has 0 unspecified atom stereocenters. The topological polar surface area (TPSA) is 90.0 Å². The number of β-amino-alcohol motifs (C(OH)–C–C–N with tert-alkyl or cyclic N) is 1. The number of hydrogen-bond acceptors (Lipinski definition) is 5. The summed E-state index contributed by atoms with van der Waals surface area (Å²) in [5, 5.41) is 9.87. The lowest BCUT2D eigenvalue weighted by atomic mass is 10.0. The number of alkyl halides is 3. The molecule has 0 saturated carbocycles. The molecule has 2 aliphatic rings. The normalized spacial score (nSPS) is 20.6. The largest absolute Gasteiger partial charge is 0.416 e. The summed E-state index contributed by atoms with van der Waals surface area (Å²) in [6.45, 7) is 1.26. The fourth-order valence-corrected chi connectivity index (χ4v) is 5.69. The summed E-state index contributed by atoms with van der Waals surface area (Å²) in [7, 11) is -1.86. The van der Waals surface area contributed by atoms with Gasteiger partial charge in [-0.25, -0.2) is 8.42 Å². The molecule has 0 aromatic heterocycles. The molecule has 34 heavy (non-hydrogen) atoms. The highest BCUT2D eigenvalue weighted by atomic mass is 32.2. The second kappa shape index (κ2) is 9.20. The predicted octanol–water partition coefficient (Wildman–Crippen LogP) is 2.77. The van der Waals surface area contributed by atoms with Gasteiger partial charge in [0.2, 0.25) is 15.9 Å². The van der Waals surface area contributed by atoms with Gasteiger partial charge in [-0.15, -0.1) is 0 Å². The molecule has 2 aromatic rings. The summed E-state index contributed by atoms with van der Waals surface area (Å²) >= 11 is 0. The number of hydrogen-bond donors (Lipinski definition) is 2. The van der Waals surface area contributed by atoms with Gasteiger partial charge in [-0.2, -0.15) is 13.2 Å². The van der Waals surface area contributed by atoms with E-state index >= 15 is 0 Å². The Balaban J connectivity index is 1.57. The first-order valence-corrected chi connectivity index (χ1v) is 12.5. The standard InChI is InChI=1S/C23H26F3N3O4S/c1-28(22(31)10-15-5-6-17-14-34(32,33)27-20(17)9-15)21(13-29-8-7-19(30)12-29)16-3-2-4-18(11-16)23(24,25)26/h2-6,9,11,19,21,27,30H,7-8,10,12-14H2,1H3/t19-,21-/m1/s1. The van der Waals surface area contributed by atoms with E-state index in [0.717, 1.165) is 12.1 Å². The van der Waals surface area contributed by atoms with Crippen LogP contribution in [-0.4, -0.2) is 62.0 Å². The molecule has 184 valence electrons. The Morgan fingerprint density at radius 2 is 2.03 bits per heavy atom. The number of carbonyl (C=O) groups is 1. The van der Waals surface area contributed by atoms with E-state index in [9.17, 15) is 31.5 Å². The third-order valence-corrected chi connectivity index (χ3v) is 7.50. The fourth-order valence-electron chi connectivity index (χ4n) is 4.43. The number of nitrogens with zero attached hydrogens (tertiary/aromatic N) is 2. The van der Waals surface area contributed by atoms with Crippen molar-refractivity contribution in [3.63, 3.8) is 0 Å². The van der Waals surface area contributed by atoms with Gasteiger partial charge in [0.15, 0.2) is 0 Å².